The van der Waals surface area contributed by atoms with Gasteiger partial charge in [0.2, 0.25) is 0 Å². The zero-order valence-electron chi connectivity index (χ0n) is 38.0. The largest absolute Gasteiger partial charge is 0.507 e. The summed E-state index contributed by atoms with van der Waals surface area (Å²) in [6.07, 6.45) is 41.0. The summed E-state index contributed by atoms with van der Waals surface area (Å²) >= 11 is 0. The second-order valence-corrected chi connectivity index (χ2v) is 18.6. The molecular weight excluding hydrogens is 693 g/mol. The lowest BCUT2D eigenvalue weighted by Crippen LogP contribution is -2.41. The van der Waals surface area contributed by atoms with E-state index in [9.17, 15) is 19.8 Å². The van der Waals surface area contributed by atoms with E-state index < -0.39 is 17.4 Å². The molecule has 5 heteroatoms. The molecule has 0 heterocycles. The van der Waals surface area contributed by atoms with Gasteiger partial charge in [0.15, 0.2) is 5.41 Å². The number of hydrogen-bond donors (Lipinski definition) is 2. The van der Waals surface area contributed by atoms with Crippen molar-refractivity contribution >= 4 is 11.9 Å². The Morgan fingerprint density at radius 2 is 0.821 bits per heavy atom. The van der Waals surface area contributed by atoms with Gasteiger partial charge in [-0.3, -0.25) is 9.59 Å². The molecule has 1 aromatic rings. The molecule has 0 radical (unpaired) electrons. The maximum Gasteiger partial charge on any atom is 0.323 e. The van der Waals surface area contributed by atoms with Crippen LogP contribution in [0, 0.1) is 12.3 Å². The van der Waals surface area contributed by atoms with Gasteiger partial charge in [-0.2, -0.15) is 0 Å². The topological polar surface area (TPSA) is 83.8 Å². The lowest BCUT2D eigenvalue weighted by molar-refractivity contribution is -0.171. The number of hydrogen-bond acceptors (Lipinski definition) is 4. The van der Waals surface area contributed by atoms with E-state index in [0.29, 0.717) is 12.8 Å². The Kier molecular flexibility index (Phi) is 30.5. The molecule has 1 rings (SSSR count). The summed E-state index contributed by atoms with van der Waals surface area (Å²) in [6, 6.07) is 3.73. The third-order valence-corrected chi connectivity index (χ3v) is 12.3. The molecule has 0 atom stereocenters. The molecule has 0 aliphatic rings. The molecule has 0 amide bonds. The van der Waals surface area contributed by atoms with E-state index in [4.69, 9.17) is 4.74 Å². The van der Waals surface area contributed by atoms with Crippen molar-refractivity contribution in [2.75, 3.05) is 0 Å². The molecule has 5 nitrogen and oxygen atoms in total. The summed E-state index contributed by atoms with van der Waals surface area (Å²) in [5.41, 5.74) is 0.525. The quantitative estimate of drug-likeness (QED) is 0.0396. The fraction of sp³-hybridized carbons (Fsp3) is 0.843. The number of unbranched alkanes of at least 4 members (excludes halogenated alkanes) is 30. The van der Waals surface area contributed by atoms with E-state index in [1.165, 1.54) is 167 Å². The third kappa shape index (κ3) is 24.0. The maximum atomic E-state index is 13.8. The Bertz CT molecular complexity index is 1080. The van der Waals surface area contributed by atoms with Crippen molar-refractivity contribution in [1.29, 1.82) is 0 Å². The molecule has 0 saturated heterocycles. The highest BCUT2D eigenvalue weighted by atomic mass is 16.5. The van der Waals surface area contributed by atoms with Gasteiger partial charge in [-0.25, -0.2) is 0 Å². The first-order valence-corrected chi connectivity index (χ1v) is 24.2. The number of carboxylic acids is 1. The van der Waals surface area contributed by atoms with Crippen molar-refractivity contribution in [3.05, 3.63) is 28.8 Å². The van der Waals surface area contributed by atoms with E-state index in [2.05, 4.69) is 13.8 Å². The molecule has 0 saturated carbocycles. The van der Waals surface area contributed by atoms with E-state index in [1.807, 2.05) is 39.8 Å². The Labute approximate surface area is 347 Å². The van der Waals surface area contributed by atoms with Crippen LogP contribution >= 0.6 is 0 Å². The summed E-state index contributed by atoms with van der Waals surface area (Å²) in [5.74, 6) is -1.38. The lowest BCUT2D eigenvalue weighted by Gasteiger charge is -2.28. The lowest BCUT2D eigenvalue weighted by atomic mass is 9.77. The molecule has 0 bridgehead atoms. The van der Waals surface area contributed by atoms with E-state index >= 15 is 0 Å². The minimum absolute atomic E-state index is 0.00990. The fourth-order valence-electron chi connectivity index (χ4n) is 8.38. The molecule has 1 aromatic carbocycles. The standard InChI is InChI=1S/C51H92O5/c1-7-9-11-13-15-17-19-21-23-25-27-29-31-33-35-37-39-51(48(53)54,49(55)56-43-45-41-44(3)47(52)46(42-45)50(4,5)6)40-38-36-34-32-30-28-26-24-22-20-18-16-14-12-10-8-2/h41-42,52H,7-40,43H2,1-6H3,(H,53,54). The van der Waals surface area contributed by atoms with E-state index in [-0.39, 0.29) is 17.8 Å². The molecule has 0 aromatic heterocycles. The zero-order chi connectivity index (χ0) is 41.3. The molecular formula is C51H92O5. The number of phenols is 1. The predicted molar refractivity (Wildman–Crippen MR) is 240 cm³/mol. The van der Waals surface area contributed by atoms with E-state index in [0.717, 1.165) is 55.2 Å². The van der Waals surface area contributed by atoms with Crippen LogP contribution in [0.2, 0.25) is 0 Å². The molecule has 0 aliphatic heterocycles. The SMILES string of the molecule is CCCCCCCCCCCCCCCCCCC(CCCCCCCCCCCCCCCCCC)(C(=O)O)C(=O)OCc1cc(C)c(O)c(C(C)(C)C)c1. The highest BCUT2D eigenvalue weighted by Crippen LogP contribution is 2.37. The molecule has 0 aliphatic carbocycles. The Morgan fingerprint density at radius 1 is 0.518 bits per heavy atom. The third-order valence-electron chi connectivity index (χ3n) is 12.3. The Hall–Kier alpha value is -2.04. The second kappa shape index (κ2) is 32.9. The number of carboxylic acid groups (broad SMARTS) is 1. The second-order valence-electron chi connectivity index (χ2n) is 18.6. The van der Waals surface area contributed by atoms with Crippen molar-refractivity contribution in [3.8, 4) is 5.75 Å². The smallest absolute Gasteiger partial charge is 0.323 e. The van der Waals surface area contributed by atoms with Crippen molar-refractivity contribution in [1.82, 2.24) is 0 Å². The normalized spacial score (nSPS) is 12.0. The van der Waals surface area contributed by atoms with Crippen molar-refractivity contribution < 1.29 is 24.5 Å². The van der Waals surface area contributed by atoms with Crippen LogP contribution in [-0.2, 0) is 26.3 Å². The van der Waals surface area contributed by atoms with Crippen LogP contribution < -0.4 is 0 Å². The minimum Gasteiger partial charge on any atom is -0.507 e. The van der Waals surface area contributed by atoms with Crippen LogP contribution in [0.3, 0.4) is 0 Å². The predicted octanol–water partition coefficient (Wildman–Crippen LogP) is 16.4. The van der Waals surface area contributed by atoms with Crippen LogP contribution in [0.1, 0.15) is 270 Å². The van der Waals surface area contributed by atoms with Crippen molar-refractivity contribution in [2.24, 2.45) is 5.41 Å². The van der Waals surface area contributed by atoms with Gasteiger partial charge in [-0.05, 0) is 54.0 Å². The minimum atomic E-state index is -1.51. The van der Waals surface area contributed by atoms with Crippen molar-refractivity contribution in [2.45, 2.75) is 272 Å². The Morgan fingerprint density at radius 3 is 1.11 bits per heavy atom. The maximum absolute atomic E-state index is 13.8. The van der Waals surface area contributed by atoms with Gasteiger partial charge in [0.1, 0.15) is 12.4 Å². The average Bonchev–Trinajstić information content (AvgIpc) is 3.16. The molecule has 0 fully saturated rings. The number of benzene rings is 1. The number of carbonyl (C=O) groups is 2. The van der Waals surface area contributed by atoms with Gasteiger partial charge in [0.25, 0.3) is 0 Å². The summed E-state index contributed by atoms with van der Waals surface area (Å²) < 4.78 is 5.87. The van der Waals surface area contributed by atoms with Crippen LogP contribution in [0.15, 0.2) is 12.1 Å². The van der Waals surface area contributed by atoms with Gasteiger partial charge in [-0.15, -0.1) is 0 Å². The van der Waals surface area contributed by atoms with Gasteiger partial charge >= 0.3 is 11.9 Å². The summed E-state index contributed by atoms with van der Waals surface area (Å²) in [7, 11) is 0. The van der Waals surface area contributed by atoms with E-state index in [1.54, 1.807) is 0 Å². The van der Waals surface area contributed by atoms with Crippen molar-refractivity contribution in [3.63, 3.8) is 0 Å². The molecule has 2 N–H and O–H groups in total. The van der Waals surface area contributed by atoms with Gasteiger partial charge < -0.3 is 14.9 Å². The summed E-state index contributed by atoms with van der Waals surface area (Å²) in [4.78, 5) is 26.9. The number of phenolic OH excluding ortho intramolecular Hbond substituents is 1. The highest BCUT2D eigenvalue weighted by Gasteiger charge is 2.46. The van der Waals surface area contributed by atoms with Crippen LogP contribution in [0.5, 0.6) is 5.75 Å². The number of aryl methyl sites for hydroxylation is 1. The first kappa shape index (κ1) is 52.0. The van der Waals surface area contributed by atoms with Crippen LogP contribution in [0.4, 0.5) is 0 Å². The monoisotopic (exact) mass is 785 g/mol. The molecule has 0 spiro atoms. The summed E-state index contributed by atoms with van der Waals surface area (Å²) in [6.45, 7) is 12.5. The van der Waals surface area contributed by atoms with Gasteiger partial charge in [0, 0.05) is 0 Å². The zero-order valence-corrected chi connectivity index (χ0v) is 38.0. The molecule has 0 unspecified atom stereocenters. The number of aliphatic carboxylic acids is 1. The fourth-order valence-corrected chi connectivity index (χ4v) is 8.38. The summed E-state index contributed by atoms with van der Waals surface area (Å²) in [5, 5.41) is 21.3. The first-order valence-electron chi connectivity index (χ1n) is 24.2. The number of carbonyl (C=O) groups excluding carboxylic acids is 1. The van der Waals surface area contributed by atoms with Gasteiger partial charge in [0.05, 0.1) is 0 Å². The molecule has 56 heavy (non-hydrogen) atoms. The van der Waals surface area contributed by atoms with Crippen LogP contribution in [-0.4, -0.2) is 22.2 Å². The van der Waals surface area contributed by atoms with Gasteiger partial charge in [-0.1, -0.05) is 240 Å². The number of ether oxygens (including phenoxy) is 1. The first-order chi connectivity index (χ1) is 27.0. The Balaban J connectivity index is 2.56. The number of rotatable bonds is 38. The van der Waals surface area contributed by atoms with Crippen LogP contribution in [0.25, 0.3) is 0 Å². The number of esters is 1. The molecule has 326 valence electrons. The number of aromatic hydroxyl groups is 1. The highest BCUT2D eigenvalue weighted by molar-refractivity contribution is 5.99. The average molecular weight is 785 g/mol.